The van der Waals surface area contributed by atoms with Gasteiger partial charge in [0, 0.05) is 11.4 Å². The lowest BCUT2D eigenvalue weighted by atomic mass is 10.2. The van der Waals surface area contributed by atoms with E-state index in [9.17, 15) is 22.8 Å². The molecule has 0 radical (unpaired) electrons. The van der Waals surface area contributed by atoms with Crippen molar-refractivity contribution < 1.29 is 27.5 Å². The number of benzene rings is 1. The molecule has 1 aromatic carbocycles. The zero-order valence-corrected chi connectivity index (χ0v) is 18.1. The number of rotatable bonds is 9. The van der Waals surface area contributed by atoms with Crippen LogP contribution in [0.15, 0.2) is 46.7 Å². The number of aryl methyl sites for hydroxylation is 1. The third-order valence-corrected chi connectivity index (χ3v) is 6.35. The number of carbonyl (C=O) groups excluding carboxylic acids is 3. The third kappa shape index (κ3) is 7.58. The van der Waals surface area contributed by atoms with Gasteiger partial charge in [0.05, 0.1) is 4.90 Å². The molecular formula is C19H23N3O6S2. The van der Waals surface area contributed by atoms with E-state index in [1.807, 2.05) is 29.8 Å². The molecular weight excluding hydrogens is 430 g/mol. The Balaban J connectivity index is 1.72. The Labute approximate surface area is 178 Å². The van der Waals surface area contributed by atoms with E-state index in [4.69, 9.17) is 4.74 Å². The minimum atomic E-state index is -3.92. The Morgan fingerprint density at radius 3 is 2.47 bits per heavy atom. The molecule has 1 aromatic heterocycles. The molecule has 2 aromatic rings. The Bertz CT molecular complexity index is 972. The van der Waals surface area contributed by atoms with Gasteiger partial charge in [-0.25, -0.2) is 13.2 Å². The molecule has 2 rings (SSSR count). The van der Waals surface area contributed by atoms with Crippen molar-refractivity contribution >= 4 is 39.3 Å². The van der Waals surface area contributed by atoms with Gasteiger partial charge in [-0.1, -0.05) is 23.8 Å². The molecule has 3 N–H and O–H groups in total. The summed E-state index contributed by atoms with van der Waals surface area (Å²) in [5.41, 5.74) is 0.892. The summed E-state index contributed by atoms with van der Waals surface area (Å²) in [7, 11) is -3.92. The predicted molar refractivity (Wildman–Crippen MR) is 111 cm³/mol. The minimum absolute atomic E-state index is 0.00436. The smallest absolute Gasteiger partial charge is 0.324 e. The van der Waals surface area contributed by atoms with Crippen molar-refractivity contribution in [1.29, 1.82) is 0 Å². The van der Waals surface area contributed by atoms with Gasteiger partial charge < -0.3 is 10.1 Å². The van der Waals surface area contributed by atoms with E-state index in [1.165, 1.54) is 19.1 Å². The summed E-state index contributed by atoms with van der Waals surface area (Å²) in [4.78, 5) is 36.5. The average molecular weight is 454 g/mol. The van der Waals surface area contributed by atoms with E-state index >= 15 is 0 Å². The normalized spacial score (nSPS) is 12.1. The molecule has 0 unspecified atom stereocenters. The number of ether oxygens (including phenoxy) is 1. The quantitative estimate of drug-likeness (QED) is 0.491. The Kier molecular flexibility index (Phi) is 8.51. The van der Waals surface area contributed by atoms with Crippen LogP contribution in [0, 0.1) is 6.92 Å². The van der Waals surface area contributed by atoms with Gasteiger partial charge in [0.1, 0.15) is 6.04 Å². The molecule has 11 heteroatoms. The van der Waals surface area contributed by atoms with Crippen molar-refractivity contribution in [3.8, 4) is 0 Å². The number of hydrogen-bond donors (Lipinski definition) is 3. The number of hydrogen-bond acceptors (Lipinski definition) is 7. The van der Waals surface area contributed by atoms with Crippen molar-refractivity contribution in [3.05, 3.63) is 52.2 Å². The Morgan fingerprint density at radius 2 is 1.83 bits per heavy atom. The molecule has 0 aliphatic carbocycles. The molecule has 30 heavy (non-hydrogen) atoms. The summed E-state index contributed by atoms with van der Waals surface area (Å²) >= 11 is 1.56. The van der Waals surface area contributed by atoms with E-state index in [2.05, 4.69) is 10.0 Å². The van der Waals surface area contributed by atoms with Gasteiger partial charge in [0.2, 0.25) is 10.0 Å². The van der Waals surface area contributed by atoms with Crippen LogP contribution in [0.3, 0.4) is 0 Å². The zero-order chi connectivity index (χ0) is 22.1. The summed E-state index contributed by atoms with van der Waals surface area (Å²) in [6.45, 7) is 2.74. The maximum atomic E-state index is 12.3. The van der Waals surface area contributed by atoms with Gasteiger partial charge in [0.15, 0.2) is 6.61 Å². The summed E-state index contributed by atoms with van der Waals surface area (Å²) in [6, 6.07) is 8.01. The monoisotopic (exact) mass is 453 g/mol. The Hall–Kier alpha value is -2.76. The number of thiophene rings is 1. The minimum Gasteiger partial charge on any atom is -0.454 e. The van der Waals surface area contributed by atoms with E-state index in [1.54, 1.807) is 23.5 Å². The number of nitrogens with one attached hydrogen (secondary N) is 3. The van der Waals surface area contributed by atoms with E-state index < -0.39 is 40.6 Å². The molecule has 9 nitrogen and oxygen atoms in total. The van der Waals surface area contributed by atoms with Crippen molar-refractivity contribution in [3.63, 3.8) is 0 Å². The fraction of sp³-hybridized carbons (Fsp3) is 0.316. The van der Waals surface area contributed by atoms with Gasteiger partial charge in [-0.3, -0.25) is 14.9 Å². The molecule has 1 heterocycles. The first-order chi connectivity index (χ1) is 14.2. The molecule has 0 aliphatic rings. The summed E-state index contributed by atoms with van der Waals surface area (Å²) < 4.78 is 31.5. The molecule has 0 saturated carbocycles. The van der Waals surface area contributed by atoms with Crippen LogP contribution in [0.2, 0.25) is 0 Å². The van der Waals surface area contributed by atoms with Gasteiger partial charge in [-0.15, -0.1) is 11.3 Å². The average Bonchev–Trinajstić information content (AvgIpc) is 3.19. The molecule has 0 aliphatic heterocycles. The van der Waals surface area contributed by atoms with Crippen LogP contribution in [-0.2, 0) is 30.8 Å². The lowest BCUT2D eigenvalue weighted by Gasteiger charge is -2.14. The molecule has 0 bridgehead atoms. The number of esters is 1. The highest BCUT2D eigenvalue weighted by Gasteiger charge is 2.23. The van der Waals surface area contributed by atoms with Gasteiger partial charge in [-0.05, 0) is 43.8 Å². The summed E-state index contributed by atoms with van der Waals surface area (Å²) in [5.74, 6) is -1.77. The van der Waals surface area contributed by atoms with Crippen LogP contribution >= 0.6 is 11.3 Å². The highest BCUT2D eigenvalue weighted by molar-refractivity contribution is 7.89. The topological polar surface area (TPSA) is 131 Å². The van der Waals surface area contributed by atoms with Crippen LogP contribution in [0.25, 0.3) is 0 Å². The zero-order valence-electron chi connectivity index (χ0n) is 16.5. The number of carbonyl (C=O) groups is 3. The summed E-state index contributed by atoms with van der Waals surface area (Å²) in [6.07, 6.45) is 0.632. The van der Waals surface area contributed by atoms with Gasteiger partial charge in [0.25, 0.3) is 5.91 Å². The first-order valence-electron chi connectivity index (χ1n) is 9.03. The van der Waals surface area contributed by atoms with Crippen LogP contribution in [0.1, 0.15) is 17.4 Å². The fourth-order valence-corrected chi connectivity index (χ4v) is 4.19. The van der Waals surface area contributed by atoms with Crippen LogP contribution in [0.4, 0.5) is 4.79 Å². The predicted octanol–water partition coefficient (Wildman–Crippen LogP) is 1.34. The second-order valence-corrected chi connectivity index (χ2v) is 9.14. The largest absolute Gasteiger partial charge is 0.454 e. The van der Waals surface area contributed by atoms with Gasteiger partial charge in [-0.2, -0.15) is 4.72 Å². The van der Waals surface area contributed by atoms with Crippen LogP contribution < -0.4 is 15.4 Å². The highest BCUT2D eigenvalue weighted by Crippen LogP contribution is 2.11. The number of urea groups is 1. The lowest BCUT2D eigenvalue weighted by Crippen LogP contribution is -2.44. The van der Waals surface area contributed by atoms with Crippen LogP contribution in [0.5, 0.6) is 0 Å². The maximum Gasteiger partial charge on any atom is 0.324 e. The van der Waals surface area contributed by atoms with Crippen molar-refractivity contribution in [1.82, 2.24) is 15.4 Å². The summed E-state index contributed by atoms with van der Waals surface area (Å²) in [5, 5.41) is 6.48. The van der Waals surface area contributed by atoms with Crippen LogP contribution in [-0.4, -0.2) is 45.5 Å². The first kappa shape index (κ1) is 23.5. The van der Waals surface area contributed by atoms with Crippen molar-refractivity contribution in [2.75, 3.05) is 13.2 Å². The second kappa shape index (κ2) is 10.9. The maximum absolute atomic E-state index is 12.3. The van der Waals surface area contributed by atoms with E-state index in [0.717, 1.165) is 10.4 Å². The molecule has 3 amide bonds. The number of imide groups is 1. The third-order valence-electron chi connectivity index (χ3n) is 3.85. The van der Waals surface area contributed by atoms with Gasteiger partial charge >= 0.3 is 12.0 Å². The second-order valence-electron chi connectivity index (χ2n) is 6.40. The van der Waals surface area contributed by atoms with Crippen molar-refractivity contribution in [2.45, 2.75) is 31.2 Å². The molecule has 1 atom stereocenters. The SMILES string of the molecule is Cc1ccc(S(=O)(=O)N[C@@H](C)C(=O)OCC(=O)NC(=O)NCCc2cccs2)cc1. The van der Waals surface area contributed by atoms with Crippen molar-refractivity contribution in [2.24, 2.45) is 0 Å². The number of sulfonamides is 1. The highest BCUT2D eigenvalue weighted by atomic mass is 32.2. The van der Waals surface area contributed by atoms with E-state index in [0.29, 0.717) is 13.0 Å². The van der Waals surface area contributed by atoms with E-state index in [-0.39, 0.29) is 4.90 Å². The molecule has 162 valence electrons. The molecule has 0 fully saturated rings. The lowest BCUT2D eigenvalue weighted by molar-refractivity contribution is -0.149. The molecule has 0 saturated heterocycles. The first-order valence-corrected chi connectivity index (χ1v) is 11.4. The Morgan fingerprint density at radius 1 is 1.13 bits per heavy atom. The fourth-order valence-electron chi connectivity index (χ4n) is 2.29. The number of amides is 3. The standard InChI is InChI=1S/C19H23N3O6S2/c1-13-5-7-16(8-6-13)30(26,27)22-14(2)18(24)28-12-17(23)21-19(25)20-10-9-15-4-3-11-29-15/h3-8,11,14,22H,9-10,12H2,1-2H3,(H2,20,21,23,25)/t14-/m0/s1. The molecule has 0 spiro atoms.